The lowest BCUT2D eigenvalue weighted by Gasteiger charge is -2.20. The second-order valence-electron chi connectivity index (χ2n) is 5.05. The second-order valence-corrected chi connectivity index (χ2v) is 6.00. The molecule has 2 rings (SSSR count). The highest BCUT2D eigenvalue weighted by Gasteiger charge is 2.22. The molecule has 0 aliphatic rings. The van der Waals surface area contributed by atoms with Crippen LogP contribution in [0.1, 0.15) is 36.1 Å². The maximum atomic E-state index is 12.2. The highest BCUT2D eigenvalue weighted by molar-refractivity contribution is 7.12. The van der Waals surface area contributed by atoms with Gasteiger partial charge < -0.3 is 4.74 Å². The van der Waals surface area contributed by atoms with Gasteiger partial charge in [-0.15, -0.1) is 11.3 Å². The van der Waals surface area contributed by atoms with Crippen molar-refractivity contribution in [1.29, 1.82) is 0 Å². The first-order valence-corrected chi connectivity index (χ1v) is 6.75. The topological polar surface area (TPSA) is 48.3 Å². The number of thiophene rings is 1. The molecule has 5 heteroatoms. The number of hydrogen-bond donors (Lipinski definition) is 0. The molecule has 2 aromatic heterocycles. The van der Waals surface area contributed by atoms with Crippen LogP contribution in [-0.4, -0.2) is 22.0 Å². The van der Waals surface area contributed by atoms with E-state index in [9.17, 15) is 9.59 Å². The molecule has 0 fully saturated rings. The van der Waals surface area contributed by atoms with Crippen molar-refractivity contribution in [2.75, 3.05) is 0 Å². The van der Waals surface area contributed by atoms with Crippen LogP contribution in [0.5, 0.6) is 0 Å². The SMILES string of the molecule is CC(C)(C)OC(=O)n1cccc1C(=O)c1cccs1. The molecule has 0 N–H and O–H groups in total. The van der Waals surface area contributed by atoms with Crippen LogP contribution in [0.25, 0.3) is 0 Å². The van der Waals surface area contributed by atoms with Crippen LogP contribution in [0.2, 0.25) is 0 Å². The summed E-state index contributed by atoms with van der Waals surface area (Å²) in [5.41, 5.74) is -0.276. The number of carbonyl (C=O) groups excluding carboxylic acids is 2. The van der Waals surface area contributed by atoms with Crippen LogP contribution in [-0.2, 0) is 4.74 Å². The number of aromatic nitrogens is 1. The van der Waals surface area contributed by atoms with Crippen LogP contribution in [0.3, 0.4) is 0 Å². The highest BCUT2D eigenvalue weighted by atomic mass is 32.1. The largest absolute Gasteiger partial charge is 0.443 e. The molecule has 0 amide bonds. The van der Waals surface area contributed by atoms with Gasteiger partial charge in [0, 0.05) is 6.20 Å². The molecular weight excluding hydrogens is 262 g/mol. The fourth-order valence-corrected chi connectivity index (χ4v) is 2.24. The number of carbonyl (C=O) groups is 2. The van der Waals surface area contributed by atoms with E-state index < -0.39 is 11.7 Å². The number of nitrogens with zero attached hydrogens (tertiary/aromatic N) is 1. The maximum Gasteiger partial charge on any atom is 0.419 e. The first kappa shape index (κ1) is 13.5. The van der Waals surface area contributed by atoms with Crippen molar-refractivity contribution in [3.63, 3.8) is 0 Å². The molecule has 100 valence electrons. The summed E-state index contributed by atoms with van der Waals surface area (Å²) in [5, 5.41) is 1.83. The van der Waals surface area contributed by atoms with Gasteiger partial charge in [-0.25, -0.2) is 9.36 Å². The van der Waals surface area contributed by atoms with E-state index in [-0.39, 0.29) is 5.78 Å². The molecule has 2 heterocycles. The minimum absolute atomic E-state index is 0.175. The van der Waals surface area contributed by atoms with Crippen LogP contribution >= 0.6 is 11.3 Å². The standard InChI is InChI=1S/C14H15NO3S/c1-14(2,3)18-13(17)15-8-4-6-10(15)12(16)11-7-5-9-19-11/h4-9H,1-3H3. The molecule has 0 aromatic carbocycles. The summed E-state index contributed by atoms with van der Waals surface area (Å²) in [6.07, 6.45) is 0.993. The number of ketones is 1. The number of rotatable bonds is 2. The van der Waals surface area contributed by atoms with Gasteiger partial charge in [-0.2, -0.15) is 0 Å². The minimum atomic E-state index is -0.593. The third-order valence-electron chi connectivity index (χ3n) is 2.32. The summed E-state index contributed by atoms with van der Waals surface area (Å²) in [6, 6.07) is 6.81. The minimum Gasteiger partial charge on any atom is -0.443 e. The van der Waals surface area contributed by atoms with Crippen molar-refractivity contribution < 1.29 is 14.3 Å². The summed E-state index contributed by atoms with van der Waals surface area (Å²) in [6.45, 7) is 5.36. The Balaban J connectivity index is 2.28. The summed E-state index contributed by atoms with van der Waals surface area (Å²) in [7, 11) is 0. The Kier molecular flexibility index (Phi) is 3.57. The highest BCUT2D eigenvalue weighted by Crippen LogP contribution is 2.17. The smallest absolute Gasteiger partial charge is 0.419 e. The maximum absolute atomic E-state index is 12.2. The van der Waals surface area contributed by atoms with Gasteiger partial charge in [-0.05, 0) is 44.4 Å². The third kappa shape index (κ3) is 3.12. The van der Waals surface area contributed by atoms with E-state index in [1.54, 1.807) is 45.0 Å². The lowest BCUT2D eigenvalue weighted by Crippen LogP contribution is -2.28. The molecule has 0 radical (unpaired) electrons. The van der Waals surface area contributed by atoms with E-state index in [0.29, 0.717) is 10.6 Å². The number of hydrogen-bond acceptors (Lipinski definition) is 4. The Morgan fingerprint density at radius 2 is 1.95 bits per heavy atom. The van der Waals surface area contributed by atoms with E-state index in [2.05, 4.69) is 0 Å². The van der Waals surface area contributed by atoms with E-state index in [1.807, 2.05) is 5.38 Å². The van der Waals surface area contributed by atoms with Gasteiger partial charge in [0.15, 0.2) is 0 Å². The van der Waals surface area contributed by atoms with Crippen molar-refractivity contribution in [3.05, 3.63) is 46.4 Å². The molecule has 0 bridgehead atoms. The summed E-state index contributed by atoms with van der Waals surface area (Å²) in [4.78, 5) is 24.8. The van der Waals surface area contributed by atoms with Gasteiger partial charge in [0.2, 0.25) is 5.78 Å². The third-order valence-corrected chi connectivity index (χ3v) is 3.19. The lowest BCUT2D eigenvalue weighted by atomic mass is 10.2. The zero-order chi connectivity index (χ0) is 14.0. The van der Waals surface area contributed by atoms with Crippen molar-refractivity contribution in [1.82, 2.24) is 4.57 Å². The van der Waals surface area contributed by atoms with E-state index in [0.717, 1.165) is 0 Å². The van der Waals surface area contributed by atoms with Crippen molar-refractivity contribution in [3.8, 4) is 0 Å². The Morgan fingerprint density at radius 3 is 2.53 bits per heavy atom. The van der Waals surface area contributed by atoms with Gasteiger partial charge in [0.1, 0.15) is 11.3 Å². The van der Waals surface area contributed by atoms with Crippen LogP contribution in [0, 0.1) is 0 Å². The Bertz CT molecular complexity index is 590. The molecule has 0 saturated heterocycles. The molecular formula is C14H15NO3S. The normalized spacial score (nSPS) is 11.3. The van der Waals surface area contributed by atoms with E-state index >= 15 is 0 Å². The molecule has 0 unspecified atom stereocenters. The Morgan fingerprint density at radius 1 is 1.21 bits per heavy atom. The summed E-state index contributed by atoms with van der Waals surface area (Å²) < 4.78 is 6.51. The molecule has 4 nitrogen and oxygen atoms in total. The van der Waals surface area contributed by atoms with Gasteiger partial charge in [-0.3, -0.25) is 4.79 Å². The van der Waals surface area contributed by atoms with Gasteiger partial charge in [0.25, 0.3) is 0 Å². The molecule has 0 spiro atoms. The summed E-state index contributed by atoms with van der Waals surface area (Å²) in [5.74, 6) is -0.175. The molecule has 2 aromatic rings. The quantitative estimate of drug-likeness (QED) is 0.788. The zero-order valence-electron chi connectivity index (χ0n) is 11.0. The Labute approximate surface area is 115 Å². The zero-order valence-corrected chi connectivity index (χ0v) is 11.9. The average molecular weight is 277 g/mol. The van der Waals surface area contributed by atoms with Crippen molar-refractivity contribution >= 4 is 23.2 Å². The van der Waals surface area contributed by atoms with Gasteiger partial charge in [-0.1, -0.05) is 6.07 Å². The van der Waals surface area contributed by atoms with Crippen molar-refractivity contribution in [2.45, 2.75) is 26.4 Å². The first-order valence-electron chi connectivity index (χ1n) is 5.87. The van der Waals surface area contributed by atoms with Gasteiger partial charge in [0.05, 0.1) is 4.88 Å². The first-order chi connectivity index (χ1) is 8.88. The molecule has 19 heavy (non-hydrogen) atoms. The van der Waals surface area contributed by atoms with Gasteiger partial charge >= 0.3 is 6.09 Å². The van der Waals surface area contributed by atoms with Crippen LogP contribution in [0.15, 0.2) is 35.8 Å². The fourth-order valence-electron chi connectivity index (χ4n) is 1.57. The second kappa shape index (κ2) is 5.01. The van der Waals surface area contributed by atoms with Crippen molar-refractivity contribution in [2.24, 2.45) is 0 Å². The number of ether oxygens (including phenoxy) is 1. The predicted octanol–water partition coefficient (Wildman–Crippen LogP) is 3.56. The molecule has 0 aliphatic carbocycles. The molecule has 0 atom stereocenters. The predicted molar refractivity (Wildman–Crippen MR) is 73.8 cm³/mol. The van der Waals surface area contributed by atoms with Crippen LogP contribution in [0.4, 0.5) is 4.79 Å². The molecule has 0 saturated carbocycles. The molecule has 0 aliphatic heterocycles. The fraction of sp³-hybridized carbons (Fsp3) is 0.286. The Hall–Kier alpha value is -1.88. The van der Waals surface area contributed by atoms with Crippen LogP contribution < -0.4 is 0 Å². The van der Waals surface area contributed by atoms with E-state index in [1.165, 1.54) is 22.1 Å². The monoisotopic (exact) mass is 277 g/mol. The lowest BCUT2D eigenvalue weighted by molar-refractivity contribution is 0.0529. The van der Waals surface area contributed by atoms with E-state index in [4.69, 9.17) is 4.74 Å². The average Bonchev–Trinajstić information content (AvgIpc) is 2.97. The summed E-state index contributed by atoms with van der Waals surface area (Å²) >= 11 is 1.35.